The molecule has 0 spiro atoms. The van der Waals surface area contributed by atoms with Crippen molar-refractivity contribution in [2.75, 3.05) is 13.2 Å². The highest BCUT2D eigenvalue weighted by atomic mass is 16.5. The molecule has 0 bridgehead atoms. The van der Waals surface area contributed by atoms with Crippen LogP contribution in [0.15, 0.2) is 0 Å². The Kier molecular flexibility index (Phi) is 10.6. The minimum absolute atomic E-state index is 0.315. The van der Waals surface area contributed by atoms with Gasteiger partial charge < -0.3 is 25.2 Å². The fourth-order valence-electron chi connectivity index (χ4n) is 6.54. The first-order valence-corrected chi connectivity index (χ1v) is 14.2. The van der Waals surface area contributed by atoms with Crippen molar-refractivity contribution in [3.8, 4) is 0 Å². The molecular formula is C27H50N2O3. The number of nitrogens with one attached hydrogen (secondary N) is 2. The van der Waals surface area contributed by atoms with Crippen LogP contribution in [-0.4, -0.2) is 60.8 Å². The summed E-state index contributed by atoms with van der Waals surface area (Å²) in [6, 6.07) is 2.86. The van der Waals surface area contributed by atoms with Crippen molar-refractivity contribution in [3.05, 3.63) is 0 Å². The molecule has 0 radical (unpaired) electrons. The van der Waals surface area contributed by atoms with Gasteiger partial charge in [-0.25, -0.2) is 0 Å². The summed E-state index contributed by atoms with van der Waals surface area (Å²) in [5, 5.41) is 18.2. The average Bonchev–Trinajstić information content (AvgIpc) is 2.84. The number of ether oxygens (including phenoxy) is 2. The fourth-order valence-corrected chi connectivity index (χ4v) is 6.54. The quantitative estimate of drug-likeness (QED) is 0.444. The summed E-state index contributed by atoms with van der Waals surface area (Å²) in [5.41, 5.74) is 0. The highest BCUT2D eigenvalue weighted by Crippen LogP contribution is 2.26. The summed E-state index contributed by atoms with van der Waals surface area (Å²) >= 11 is 0. The van der Waals surface area contributed by atoms with Crippen molar-refractivity contribution >= 4 is 0 Å². The van der Waals surface area contributed by atoms with Crippen molar-refractivity contribution in [1.29, 1.82) is 0 Å². The summed E-state index contributed by atoms with van der Waals surface area (Å²) < 4.78 is 12.1. The Morgan fingerprint density at radius 1 is 0.500 bits per heavy atom. The van der Waals surface area contributed by atoms with Gasteiger partial charge in [0.15, 0.2) is 0 Å². The van der Waals surface area contributed by atoms with Gasteiger partial charge in [0.1, 0.15) is 6.10 Å². The molecule has 4 saturated carbocycles. The number of aliphatic hydroxyl groups excluding tert-OH is 1. The molecule has 0 aromatic rings. The molecule has 0 atom stereocenters. The van der Waals surface area contributed by atoms with E-state index in [1.807, 2.05) is 0 Å². The van der Waals surface area contributed by atoms with Crippen LogP contribution in [0.25, 0.3) is 0 Å². The van der Waals surface area contributed by atoms with Crippen LogP contribution in [0.1, 0.15) is 116 Å². The van der Waals surface area contributed by atoms with Crippen molar-refractivity contribution in [1.82, 2.24) is 10.6 Å². The van der Waals surface area contributed by atoms with E-state index < -0.39 is 6.10 Å². The van der Waals surface area contributed by atoms with E-state index in [1.54, 1.807) is 0 Å². The van der Waals surface area contributed by atoms with Crippen LogP contribution in [0, 0.1) is 0 Å². The molecule has 5 nitrogen and oxygen atoms in total. The molecule has 0 aromatic carbocycles. The lowest BCUT2D eigenvalue weighted by atomic mass is 9.89. The topological polar surface area (TPSA) is 62.8 Å². The Balaban J connectivity index is 1.01. The number of hydrogen-bond acceptors (Lipinski definition) is 5. The molecule has 5 heteroatoms. The van der Waals surface area contributed by atoms with E-state index in [0.717, 1.165) is 37.8 Å². The molecule has 0 aliphatic heterocycles. The van der Waals surface area contributed by atoms with Gasteiger partial charge in [0.05, 0.1) is 25.4 Å². The van der Waals surface area contributed by atoms with Gasteiger partial charge in [-0.15, -0.1) is 0 Å². The Morgan fingerprint density at radius 2 is 0.844 bits per heavy atom. The predicted octanol–water partition coefficient (Wildman–Crippen LogP) is 4.85. The van der Waals surface area contributed by atoms with Crippen LogP contribution in [0.4, 0.5) is 0 Å². The van der Waals surface area contributed by atoms with Gasteiger partial charge in [-0.05, 0) is 77.0 Å². The second kappa shape index (κ2) is 13.6. The molecule has 3 N–H and O–H groups in total. The Labute approximate surface area is 196 Å². The minimum Gasteiger partial charge on any atom is -0.388 e. The van der Waals surface area contributed by atoms with Crippen LogP contribution < -0.4 is 10.6 Å². The zero-order valence-electron chi connectivity index (χ0n) is 20.4. The molecular weight excluding hydrogens is 400 g/mol. The molecule has 0 unspecified atom stereocenters. The third kappa shape index (κ3) is 8.54. The largest absolute Gasteiger partial charge is 0.388 e. The zero-order valence-corrected chi connectivity index (χ0v) is 20.4. The smallest absolute Gasteiger partial charge is 0.101 e. The van der Waals surface area contributed by atoms with E-state index in [9.17, 15) is 5.11 Å². The monoisotopic (exact) mass is 450 g/mol. The SMILES string of the molecule is OC(COC1CCC(NC2CCCCC2)CC1)COC1CCC(NC2CCCCC2)CC1. The van der Waals surface area contributed by atoms with Gasteiger partial charge in [-0.2, -0.15) is 0 Å². The molecule has 0 amide bonds. The molecule has 0 heterocycles. The van der Waals surface area contributed by atoms with E-state index in [4.69, 9.17) is 9.47 Å². The fraction of sp³-hybridized carbons (Fsp3) is 1.00. The van der Waals surface area contributed by atoms with Gasteiger partial charge >= 0.3 is 0 Å². The standard InChI is InChI=1S/C27H50N2O3/c30-25(19-31-26-15-11-23(12-16-26)28-21-7-3-1-4-8-21)20-32-27-17-13-24(14-18-27)29-22-9-5-2-6-10-22/h21-30H,1-20H2. The molecule has 4 aliphatic rings. The maximum Gasteiger partial charge on any atom is 0.101 e. The molecule has 4 aliphatic carbocycles. The highest BCUT2D eigenvalue weighted by molar-refractivity contribution is 4.84. The van der Waals surface area contributed by atoms with E-state index in [1.165, 1.54) is 89.9 Å². The first-order chi connectivity index (χ1) is 15.7. The van der Waals surface area contributed by atoms with Crippen molar-refractivity contribution in [2.24, 2.45) is 0 Å². The number of hydrogen-bond donors (Lipinski definition) is 3. The van der Waals surface area contributed by atoms with Crippen LogP contribution >= 0.6 is 0 Å². The first kappa shape index (κ1) is 24.9. The molecule has 0 aromatic heterocycles. The normalized spacial score (nSPS) is 34.4. The Morgan fingerprint density at radius 3 is 1.22 bits per heavy atom. The molecule has 32 heavy (non-hydrogen) atoms. The summed E-state index contributed by atoms with van der Waals surface area (Å²) in [7, 11) is 0. The van der Waals surface area contributed by atoms with Crippen LogP contribution in [0.3, 0.4) is 0 Å². The van der Waals surface area contributed by atoms with E-state index in [0.29, 0.717) is 37.5 Å². The lowest BCUT2D eigenvalue weighted by molar-refractivity contribution is -0.0756. The molecule has 0 saturated heterocycles. The van der Waals surface area contributed by atoms with Crippen LogP contribution in [0.2, 0.25) is 0 Å². The highest BCUT2D eigenvalue weighted by Gasteiger charge is 2.27. The lowest BCUT2D eigenvalue weighted by Crippen LogP contribution is -2.43. The van der Waals surface area contributed by atoms with E-state index in [-0.39, 0.29) is 0 Å². The summed E-state index contributed by atoms with van der Waals surface area (Å²) in [6.45, 7) is 0.841. The third-order valence-electron chi connectivity index (χ3n) is 8.55. The summed E-state index contributed by atoms with van der Waals surface area (Å²) in [5.74, 6) is 0. The summed E-state index contributed by atoms with van der Waals surface area (Å²) in [4.78, 5) is 0. The molecule has 4 fully saturated rings. The Hall–Kier alpha value is -0.200. The lowest BCUT2D eigenvalue weighted by Gasteiger charge is -2.34. The van der Waals surface area contributed by atoms with E-state index >= 15 is 0 Å². The third-order valence-corrected chi connectivity index (χ3v) is 8.55. The number of aliphatic hydroxyl groups is 1. The second-order valence-electron chi connectivity index (χ2n) is 11.3. The molecule has 186 valence electrons. The van der Waals surface area contributed by atoms with Crippen molar-refractivity contribution in [2.45, 2.75) is 158 Å². The Bertz CT molecular complexity index is 447. The number of rotatable bonds is 10. The van der Waals surface area contributed by atoms with Gasteiger partial charge in [0.25, 0.3) is 0 Å². The van der Waals surface area contributed by atoms with Crippen LogP contribution in [-0.2, 0) is 9.47 Å². The first-order valence-electron chi connectivity index (χ1n) is 14.2. The van der Waals surface area contributed by atoms with Crippen molar-refractivity contribution in [3.63, 3.8) is 0 Å². The summed E-state index contributed by atoms with van der Waals surface area (Å²) in [6.07, 6.45) is 23.4. The van der Waals surface area contributed by atoms with Crippen molar-refractivity contribution < 1.29 is 14.6 Å². The van der Waals surface area contributed by atoms with E-state index in [2.05, 4.69) is 10.6 Å². The van der Waals surface area contributed by atoms with Gasteiger partial charge in [0.2, 0.25) is 0 Å². The average molecular weight is 451 g/mol. The molecule has 4 rings (SSSR count). The minimum atomic E-state index is -0.494. The van der Waals surface area contributed by atoms with Crippen LogP contribution in [0.5, 0.6) is 0 Å². The maximum atomic E-state index is 10.4. The zero-order chi connectivity index (χ0) is 22.0. The maximum absolute atomic E-state index is 10.4. The van der Waals surface area contributed by atoms with Gasteiger partial charge in [0, 0.05) is 24.2 Å². The predicted molar refractivity (Wildman–Crippen MR) is 130 cm³/mol. The van der Waals surface area contributed by atoms with Gasteiger partial charge in [-0.3, -0.25) is 0 Å². The van der Waals surface area contributed by atoms with Gasteiger partial charge in [-0.1, -0.05) is 38.5 Å². The second-order valence-corrected chi connectivity index (χ2v) is 11.3.